The number of rotatable bonds is 20. The Balaban J connectivity index is 0.790. The summed E-state index contributed by atoms with van der Waals surface area (Å²) >= 11 is 0. The van der Waals surface area contributed by atoms with Gasteiger partial charge in [0, 0.05) is 44.5 Å². The summed E-state index contributed by atoms with van der Waals surface area (Å²) in [6, 6.07) is 160. The molecule has 0 aliphatic carbocycles. The first-order valence-electron chi connectivity index (χ1n) is 47.8. The van der Waals surface area contributed by atoms with Gasteiger partial charge < -0.3 is 37.9 Å². The molecule has 672 valence electrons. The van der Waals surface area contributed by atoms with Gasteiger partial charge in [0.15, 0.2) is 0 Å². The van der Waals surface area contributed by atoms with E-state index < -0.39 is 27.1 Å². The fourth-order valence-electron chi connectivity index (χ4n) is 23.0. The van der Waals surface area contributed by atoms with Crippen molar-refractivity contribution in [1.82, 2.24) is 0 Å². The van der Waals surface area contributed by atoms with Crippen LogP contribution in [0, 0.1) is 47.4 Å². The maximum Gasteiger partial charge on any atom is 0.149 e. The van der Waals surface area contributed by atoms with E-state index in [9.17, 15) is 0 Å². The SMILES string of the molecule is CC#CCOc1ccc2cc(C3(c4ccc(C(c5ccc(C6(c7ccc8cc(OCC#CC)ccc8c7)c7ccccc7Oc7ccccc76)cc5)(c5ccc(C6(c7ccc8cc(OCC#CC)ccc8c7)c7ccccc7Oc7ccccc76)cc5)c5ccc(C6(c7ccc8cc(OCC#CC)ccc8c7)c7ccccc7Oc7ccccc76)cc5)cc4)c4ccccc4Oc4ccccc43)ccc2c1. The van der Waals surface area contributed by atoms with Crippen LogP contribution in [-0.4, -0.2) is 26.4 Å². The topological polar surface area (TPSA) is 73.8 Å². The van der Waals surface area contributed by atoms with E-state index in [1.54, 1.807) is 0 Å². The van der Waals surface area contributed by atoms with Crippen LogP contribution in [0.15, 0.2) is 437 Å². The summed E-state index contributed by atoms with van der Waals surface area (Å²) in [7, 11) is 0. The second-order valence-corrected chi connectivity index (χ2v) is 36.2. The minimum absolute atomic E-state index is 0.291. The Bertz CT molecular complexity index is 7460. The molecule has 8 heteroatoms. The average molecular weight is 1820 g/mol. The Morgan fingerprint density at radius 2 is 0.348 bits per heavy atom. The van der Waals surface area contributed by atoms with E-state index in [4.69, 9.17) is 37.9 Å². The van der Waals surface area contributed by atoms with Crippen molar-refractivity contribution in [2.45, 2.75) is 54.8 Å². The van der Waals surface area contributed by atoms with Crippen LogP contribution in [0.4, 0.5) is 0 Å². The van der Waals surface area contributed by atoms with Gasteiger partial charge in [0.05, 0.1) is 27.1 Å². The summed E-state index contributed by atoms with van der Waals surface area (Å²) in [5, 5.41) is 8.39. The maximum absolute atomic E-state index is 7.10. The molecule has 24 rings (SSSR count). The molecule has 0 radical (unpaired) electrons. The zero-order valence-corrected chi connectivity index (χ0v) is 78.2. The standard InChI is InChI=1S/C133H92O8/c1-5-9-77-134-109-73-49-89-81-105(53-45-93(89)85-109)130(113-29-13-21-37-121(113)138-122-38-22-14-30-114(122)130)101-65-57-97(58-66-101)129(98-59-67-102(68-60-98)131(115-31-15-23-39-123(115)139-124-40-24-16-32-116(124)131)106-54-46-94-86-110(135-78-10-6-2)74-50-90(94)82-106,99-61-69-103(70-62-99)132(117-33-17-25-41-125(117)140-126-42-26-18-34-118(126)132)107-55-47-95-87-111(136-79-11-7-3)75-51-91(95)83-107)100-63-71-104(72-64-100)133(119-35-19-27-43-127(119)141-128-44-28-20-36-120(128)133)108-56-48-96-88-112(137-80-12-8-4)76-52-92(96)84-108/h13-76,81-88H,77-80H2,1-4H3. The minimum atomic E-state index is -1.21. The van der Waals surface area contributed by atoms with Crippen LogP contribution in [0.3, 0.4) is 0 Å². The number of para-hydroxylation sites is 8. The van der Waals surface area contributed by atoms with Crippen molar-refractivity contribution in [3.63, 3.8) is 0 Å². The first-order chi connectivity index (χ1) is 69.6. The van der Waals surface area contributed by atoms with Gasteiger partial charge >= 0.3 is 0 Å². The van der Waals surface area contributed by atoms with E-state index in [0.717, 1.165) is 223 Å². The molecule has 0 fully saturated rings. The van der Waals surface area contributed by atoms with Crippen LogP contribution in [0.5, 0.6) is 69.0 Å². The summed E-state index contributed by atoms with van der Waals surface area (Å²) in [6.45, 7) is 8.50. The zero-order chi connectivity index (χ0) is 94.6. The predicted molar refractivity (Wildman–Crippen MR) is 564 cm³/mol. The van der Waals surface area contributed by atoms with Gasteiger partial charge in [0.1, 0.15) is 95.4 Å². The van der Waals surface area contributed by atoms with Crippen molar-refractivity contribution < 1.29 is 37.9 Å². The van der Waals surface area contributed by atoms with E-state index in [1.807, 2.05) is 52.0 Å². The van der Waals surface area contributed by atoms with Crippen molar-refractivity contribution >= 4 is 43.1 Å². The summed E-state index contributed by atoms with van der Waals surface area (Å²) < 4.78 is 53.3. The highest BCUT2D eigenvalue weighted by Crippen LogP contribution is 2.63. The maximum atomic E-state index is 7.10. The highest BCUT2D eigenvalue weighted by Gasteiger charge is 2.52. The van der Waals surface area contributed by atoms with E-state index in [0.29, 0.717) is 26.4 Å². The zero-order valence-electron chi connectivity index (χ0n) is 78.2. The molecule has 8 nitrogen and oxygen atoms in total. The van der Waals surface area contributed by atoms with Crippen molar-refractivity contribution in [3.8, 4) is 116 Å². The molecule has 20 aromatic rings. The molecule has 0 aromatic heterocycles. The molecule has 0 saturated heterocycles. The predicted octanol–water partition coefficient (Wildman–Crippen LogP) is 30.2. The summed E-state index contributed by atoms with van der Waals surface area (Å²) in [5.41, 5.74) is 15.5. The molecule has 0 bridgehead atoms. The highest BCUT2D eigenvalue weighted by molar-refractivity contribution is 5.91. The second-order valence-electron chi connectivity index (χ2n) is 36.2. The van der Waals surface area contributed by atoms with E-state index in [1.165, 1.54) is 0 Å². The Morgan fingerprint density at radius 1 is 0.184 bits per heavy atom. The Morgan fingerprint density at radius 3 is 0.532 bits per heavy atom. The van der Waals surface area contributed by atoms with Crippen LogP contribution in [-0.2, 0) is 27.1 Å². The quantitative estimate of drug-likeness (QED) is 0.0552. The van der Waals surface area contributed by atoms with Crippen LogP contribution >= 0.6 is 0 Å². The van der Waals surface area contributed by atoms with Gasteiger partial charge in [-0.3, -0.25) is 0 Å². The summed E-state index contributed by atoms with van der Waals surface area (Å²) in [4.78, 5) is 0. The van der Waals surface area contributed by atoms with Crippen LogP contribution < -0.4 is 37.9 Å². The Kier molecular flexibility index (Phi) is 21.7. The molecule has 20 aromatic carbocycles. The lowest BCUT2D eigenvalue weighted by atomic mass is 9.60. The molecule has 0 N–H and O–H groups in total. The van der Waals surface area contributed by atoms with Gasteiger partial charge in [-0.05, 0) is 259 Å². The lowest BCUT2D eigenvalue weighted by Crippen LogP contribution is -2.36. The third kappa shape index (κ3) is 14.0. The fourth-order valence-corrected chi connectivity index (χ4v) is 23.0. The third-order valence-electron chi connectivity index (χ3n) is 29.1. The van der Waals surface area contributed by atoms with Crippen molar-refractivity contribution in [1.29, 1.82) is 0 Å². The first-order valence-corrected chi connectivity index (χ1v) is 47.8. The molecule has 0 spiro atoms. The third-order valence-corrected chi connectivity index (χ3v) is 29.1. The van der Waals surface area contributed by atoms with Gasteiger partial charge in [-0.2, -0.15) is 0 Å². The van der Waals surface area contributed by atoms with E-state index in [-0.39, 0.29) is 0 Å². The van der Waals surface area contributed by atoms with Crippen LogP contribution in [0.2, 0.25) is 0 Å². The van der Waals surface area contributed by atoms with E-state index in [2.05, 4.69) is 460 Å². The molecule has 0 amide bonds. The van der Waals surface area contributed by atoms with Crippen LogP contribution in [0.25, 0.3) is 43.1 Å². The highest BCUT2D eigenvalue weighted by atomic mass is 16.5. The van der Waals surface area contributed by atoms with Gasteiger partial charge in [0.2, 0.25) is 0 Å². The summed E-state index contributed by atoms with van der Waals surface area (Å²) in [5.74, 6) is 33.4. The minimum Gasteiger partial charge on any atom is -0.481 e. The number of hydrogen-bond acceptors (Lipinski definition) is 8. The molecule has 0 unspecified atom stereocenters. The Hall–Kier alpha value is -17.9. The van der Waals surface area contributed by atoms with Gasteiger partial charge in [-0.25, -0.2) is 0 Å². The van der Waals surface area contributed by atoms with Crippen molar-refractivity contribution in [3.05, 3.63) is 548 Å². The largest absolute Gasteiger partial charge is 0.481 e. The summed E-state index contributed by atoms with van der Waals surface area (Å²) in [6.07, 6.45) is 0. The van der Waals surface area contributed by atoms with Gasteiger partial charge in [-0.15, -0.1) is 23.7 Å². The normalized spacial score (nSPS) is 13.6. The van der Waals surface area contributed by atoms with Crippen LogP contribution in [0.1, 0.15) is 139 Å². The monoisotopic (exact) mass is 1820 g/mol. The second kappa shape index (κ2) is 35.6. The van der Waals surface area contributed by atoms with Gasteiger partial charge in [-0.1, -0.05) is 339 Å². The molecule has 141 heavy (non-hydrogen) atoms. The van der Waals surface area contributed by atoms with Gasteiger partial charge in [0.25, 0.3) is 0 Å². The fraction of sp³-hybridized carbons (Fsp3) is 0.0977. The molecule has 4 aliphatic rings. The van der Waals surface area contributed by atoms with Crippen molar-refractivity contribution in [2.24, 2.45) is 0 Å². The number of hydrogen-bond donors (Lipinski definition) is 0. The van der Waals surface area contributed by atoms with E-state index >= 15 is 0 Å². The number of ether oxygens (including phenoxy) is 8. The molecule has 0 atom stereocenters. The molecular formula is C133H92O8. The van der Waals surface area contributed by atoms with Crippen molar-refractivity contribution in [2.75, 3.05) is 26.4 Å². The molecule has 4 aliphatic heterocycles. The lowest BCUT2D eigenvalue weighted by molar-refractivity contribution is 0.370. The Labute approximate surface area is 821 Å². The number of benzene rings is 20. The molecule has 0 saturated carbocycles. The average Bonchev–Trinajstić information content (AvgIpc) is 0.697. The lowest BCUT2D eigenvalue weighted by Gasteiger charge is -2.44. The number of fused-ring (bicyclic) bond motifs is 12. The molecular weight excluding hydrogens is 1730 g/mol. The molecule has 4 heterocycles. The first kappa shape index (κ1) is 86.0. The smallest absolute Gasteiger partial charge is 0.149 e.